The van der Waals surface area contributed by atoms with Crippen molar-refractivity contribution in [2.24, 2.45) is 0 Å². The Bertz CT molecular complexity index is 1500. The molecular weight excluding hydrogens is 514 g/mol. The summed E-state index contributed by atoms with van der Waals surface area (Å²) in [7, 11) is 1.47. The standard InChI is InChI=1S/C22H16BrN3O6S/c1-11(27)31-19-13(23)7-12(8-16(19)29-2)9-18-21(28)26-22(33-18)24-20(25-26)17-10-30-14-5-3-4-6-15(14)32-17/h3-9,17H,10H2,1-2H3/b18-9-/t17-/m1/s1. The molecule has 0 radical (unpaired) electrons. The van der Waals surface area contributed by atoms with Crippen LogP contribution in [0.3, 0.4) is 0 Å². The lowest BCUT2D eigenvalue weighted by atomic mass is 10.2. The van der Waals surface area contributed by atoms with E-state index >= 15 is 0 Å². The van der Waals surface area contributed by atoms with Gasteiger partial charge in [0.15, 0.2) is 34.9 Å². The number of ether oxygens (including phenoxy) is 4. The van der Waals surface area contributed by atoms with Crippen molar-refractivity contribution < 1.29 is 23.7 Å². The van der Waals surface area contributed by atoms with E-state index in [1.165, 1.54) is 29.9 Å². The van der Waals surface area contributed by atoms with Gasteiger partial charge in [0.25, 0.3) is 5.56 Å². The number of nitrogens with zero attached hydrogens (tertiary/aromatic N) is 3. The number of rotatable bonds is 4. The van der Waals surface area contributed by atoms with Crippen molar-refractivity contribution in [3.8, 4) is 23.0 Å². The van der Waals surface area contributed by atoms with Crippen LogP contribution in [0.25, 0.3) is 11.0 Å². The predicted octanol–water partition coefficient (Wildman–Crippen LogP) is 2.91. The SMILES string of the molecule is COc1cc(/C=c2\sc3nc([C@H]4COc5ccccc5O4)nn3c2=O)cc(Br)c1OC(C)=O. The van der Waals surface area contributed by atoms with Gasteiger partial charge in [0.2, 0.25) is 4.96 Å². The minimum atomic E-state index is -0.507. The fourth-order valence-corrected chi connectivity index (χ4v) is 4.80. The van der Waals surface area contributed by atoms with Crippen LogP contribution in [-0.4, -0.2) is 34.3 Å². The van der Waals surface area contributed by atoms with Crippen LogP contribution in [0.15, 0.2) is 45.7 Å². The van der Waals surface area contributed by atoms with Crippen molar-refractivity contribution in [1.82, 2.24) is 14.6 Å². The first-order valence-corrected chi connectivity index (χ1v) is 11.4. The van der Waals surface area contributed by atoms with Gasteiger partial charge in [-0.1, -0.05) is 23.5 Å². The molecule has 0 unspecified atom stereocenters. The Balaban J connectivity index is 1.48. The molecule has 0 fully saturated rings. The highest BCUT2D eigenvalue weighted by Gasteiger charge is 2.27. The molecule has 0 saturated carbocycles. The molecule has 2 aromatic heterocycles. The number of methoxy groups -OCH3 is 1. The molecule has 0 N–H and O–H groups in total. The maximum absolute atomic E-state index is 12.9. The largest absolute Gasteiger partial charge is 0.493 e. The van der Waals surface area contributed by atoms with Gasteiger partial charge in [0.1, 0.15) is 6.61 Å². The molecule has 4 aromatic rings. The molecule has 1 aliphatic rings. The third-order valence-electron chi connectivity index (χ3n) is 4.79. The average Bonchev–Trinajstić information content (AvgIpc) is 3.34. The van der Waals surface area contributed by atoms with Gasteiger partial charge in [-0.3, -0.25) is 9.59 Å². The predicted molar refractivity (Wildman–Crippen MR) is 123 cm³/mol. The number of carbonyl (C=O) groups excluding carboxylic acids is 1. The number of esters is 1. The molecule has 1 atom stereocenters. The highest BCUT2D eigenvalue weighted by Crippen LogP contribution is 2.37. The molecule has 33 heavy (non-hydrogen) atoms. The highest BCUT2D eigenvalue weighted by atomic mass is 79.9. The smallest absolute Gasteiger partial charge is 0.308 e. The number of thiazole rings is 1. The summed E-state index contributed by atoms with van der Waals surface area (Å²) in [5.74, 6) is 1.82. The number of hydrogen-bond donors (Lipinski definition) is 0. The van der Waals surface area contributed by atoms with Gasteiger partial charge >= 0.3 is 5.97 Å². The molecule has 168 valence electrons. The normalized spacial score (nSPS) is 15.6. The molecule has 9 nitrogen and oxygen atoms in total. The van der Waals surface area contributed by atoms with Gasteiger partial charge in [0, 0.05) is 6.92 Å². The molecule has 1 aliphatic heterocycles. The summed E-state index contributed by atoms with van der Waals surface area (Å²) in [6, 6.07) is 10.8. The van der Waals surface area contributed by atoms with Crippen LogP contribution < -0.4 is 29.0 Å². The van der Waals surface area contributed by atoms with E-state index in [0.29, 0.717) is 42.6 Å². The molecule has 0 bridgehead atoms. The van der Waals surface area contributed by atoms with Crippen LogP contribution in [0.1, 0.15) is 24.4 Å². The second kappa shape index (κ2) is 8.49. The molecule has 2 aromatic carbocycles. The Morgan fingerprint density at radius 2 is 2.09 bits per heavy atom. The number of hydrogen-bond acceptors (Lipinski definition) is 9. The van der Waals surface area contributed by atoms with Crippen LogP contribution in [-0.2, 0) is 4.79 Å². The van der Waals surface area contributed by atoms with Crippen LogP contribution in [0.4, 0.5) is 0 Å². The zero-order valence-corrected chi connectivity index (χ0v) is 19.8. The number of para-hydroxylation sites is 2. The Morgan fingerprint density at radius 1 is 1.30 bits per heavy atom. The molecular formula is C22H16BrN3O6S. The van der Waals surface area contributed by atoms with Gasteiger partial charge < -0.3 is 18.9 Å². The monoisotopic (exact) mass is 529 g/mol. The number of aromatic nitrogens is 3. The summed E-state index contributed by atoms with van der Waals surface area (Å²) in [5.41, 5.74) is 0.377. The highest BCUT2D eigenvalue weighted by molar-refractivity contribution is 9.10. The Morgan fingerprint density at radius 3 is 2.82 bits per heavy atom. The molecule has 5 rings (SSSR count). The second-order valence-electron chi connectivity index (χ2n) is 7.07. The van der Waals surface area contributed by atoms with E-state index < -0.39 is 12.1 Å². The van der Waals surface area contributed by atoms with E-state index in [4.69, 9.17) is 18.9 Å². The Hall–Kier alpha value is -3.44. The van der Waals surface area contributed by atoms with Crippen molar-refractivity contribution >= 4 is 44.3 Å². The van der Waals surface area contributed by atoms with E-state index in [2.05, 4.69) is 26.0 Å². The van der Waals surface area contributed by atoms with Gasteiger partial charge in [-0.25, -0.2) is 0 Å². The molecule has 11 heteroatoms. The number of fused-ring (bicyclic) bond motifs is 2. The van der Waals surface area contributed by atoms with Gasteiger partial charge in [-0.2, -0.15) is 9.50 Å². The molecule has 3 heterocycles. The minimum Gasteiger partial charge on any atom is -0.493 e. The number of halogens is 1. The molecule has 0 amide bonds. The van der Waals surface area contributed by atoms with Crippen LogP contribution >= 0.6 is 27.3 Å². The summed E-state index contributed by atoms with van der Waals surface area (Å²) in [6.07, 6.45) is 1.19. The lowest BCUT2D eigenvalue weighted by Crippen LogP contribution is -2.26. The third-order valence-corrected chi connectivity index (χ3v) is 6.34. The van der Waals surface area contributed by atoms with Crippen molar-refractivity contribution in [3.05, 3.63) is 67.1 Å². The van der Waals surface area contributed by atoms with E-state index in [0.717, 1.165) is 0 Å². The van der Waals surface area contributed by atoms with Gasteiger partial charge in [0.05, 0.1) is 16.1 Å². The van der Waals surface area contributed by atoms with Crippen molar-refractivity contribution in [2.75, 3.05) is 13.7 Å². The van der Waals surface area contributed by atoms with E-state index in [1.807, 2.05) is 24.3 Å². The maximum Gasteiger partial charge on any atom is 0.308 e. The zero-order valence-electron chi connectivity index (χ0n) is 17.4. The summed E-state index contributed by atoms with van der Waals surface area (Å²) in [5, 5.41) is 4.36. The Kier molecular flexibility index (Phi) is 5.51. The van der Waals surface area contributed by atoms with Crippen molar-refractivity contribution in [3.63, 3.8) is 0 Å². The third kappa shape index (κ3) is 4.05. The van der Waals surface area contributed by atoms with Crippen LogP contribution in [0.5, 0.6) is 23.0 Å². The fourth-order valence-electron chi connectivity index (χ4n) is 3.35. The lowest BCUT2D eigenvalue weighted by molar-refractivity contribution is -0.132. The lowest BCUT2D eigenvalue weighted by Gasteiger charge is -2.24. The number of carbonyl (C=O) groups is 1. The first-order chi connectivity index (χ1) is 15.9. The average molecular weight is 530 g/mol. The van der Waals surface area contributed by atoms with Gasteiger partial charge in [-0.15, -0.1) is 5.10 Å². The van der Waals surface area contributed by atoms with E-state index in [1.54, 1.807) is 18.2 Å². The zero-order chi connectivity index (χ0) is 23.1. The summed E-state index contributed by atoms with van der Waals surface area (Å²) in [4.78, 5) is 29.2. The summed E-state index contributed by atoms with van der Waals surface area (Å²) < 4.78 is 24.4. The first kappa shape index (κ1) is 21.4. The molecule has 0 spiro atoms. The van der Waals surface area contributed by atoms with Crippen LogP contribution in [0, 0.1) is 0 Å². The Labute approximate surface area is 199 Å². The first-order valence-electron chi connectivity index (χ1n) is 9.78. The van der Waals surface area contributed by atoms with Gasteiger partial charge in [-0.05, 0) is 51.8 Å². The van der Waals surface area contributed by atoms with Crippen molar-refractivity contribution in [2.45, 2.75) is 13.0 Å². The maximum atomic E-state index is 12.9. The minimum absolute atomic E-state index is 0.254. The van der Waals surface area contributed by atoms with E-state index in [9.17, 15) is 9.59 Å². The molecule has 0 aliphatic carbocycles. The quantitative estimate of drug-likeness (QED) is 0.293. The molecule has 0 saturated heterocycles. The summed E-state index contributed by atoms with van der Waals surface area (Å²) >= 11 is 4.59. The second-order valence-corrected chi connectivity index (χ2v) is 8.94. The topological polar surface area (TPSA) is 101 Å². The van der Waals surface area contributed by atoms with Crippen molar-refractivity contribution in [1.29, 1.82) is 0 Å². The fraction of sp³-hybridized carbons (Fsp3) is 0.182. The van der Waals surface area contributed by atoms with E-state index in [-0.39, 0.29) is 17.9 Å². The summed E-state index contributed by atoms with van der Waals surface area (Å²) in [6.45, 7) is 1.56. The number of benzene rings is 2. The van der Waals surface area contributed by atoms with Crippen LogP contribution in [0.2, 0.25) is 0 Å².